The Morgan fingerprint density at radius 1 is 1.38 bits per heavy atom. The fourth-order valence-corrected chi connectivity index (χ4v) is 0.443. The van der Waals surface area contributed by atoms with E-state index in [0.717, 1.165) is 6.26 Å². The number of terminal acetylenes is 1. The molecule has 0 N–H and O–H groups in total. The highest BCUT2D eigenvalue weighted by Gasteiger charge is 1.98. The zero-order valence-corrected chi connectivity index (χ0v) is 7.49. The van der Waals surface area contributed by atoms with Gasteiger partial charge in [0.15, 0.2) is 0 Å². The Morgan fingerprint density at radius 2 is 2.00 bits per heavy atom. The van der Waals surface area contributed by atoms with E-state index in [-0.39, 0.29) is 6.61 Å². The van der Waals surface area contributed by atoms with E-state index in [1.54, 1.807) is 0 Å². The van der Waals surface area contributed by atoms with Gasteiger partial charge in [0.05, 0.1) is 5.57 Å². The minimum absolute atomic E-state index is 0.0564. The molecule has 0 aliphatic rings. The van der Waals surface area contributed by atoms with Gasteiger partial charge < -0.3 is 9.47 Å². The van der Waals surface area contributed by atoms with Crippen LogP contribution in [-0.4, -0.2) is 18.5 Å². The zero-order chi connectivity index (χ0) is 10.3. The smallest absolute Gasteiger partial charge is 0.307 e. The fourth-order valence-electron chi connectivity index (χ4n) is 0.443. The molecule has 4 heteroatoms. The van der Waals surface area contributed by atoms with Crippen molar-refractivity contribution in [2.24, 2.45) is 0 Å². The van der Waals surface area contributed by atoms with Crippen molar-refractivity contribution in [2.75, 3.05) is 6.61 Å². The lowest BCUT2D eigenvalue weighted by Crippen LogP contribution is -2.03. The van der Waals surface area contributed by atoms with Crippen molar-refractivity contribution in [3.63, 3.8) is 0 Å². The first-order valence-corrected chi connectivity index (χ1v) is 3.52. The Hall–Kier alpha value is -1.76. The van der Waals surface area contributed by atoms with Crippen LogP contribution in [0.4, 0.5) is 0 Å². The Balaban J connectivity index is 4.04. The molecule has 0 aromatic carbocycles. The third kappa shape index (κ3) is 6.63. The lowest BCUT2D eigenvalue weighted by Gasteiger charge is -2.00. The minimum atomic E-state index is -0.476. The molecule has 0 spiro atoms. The lowest BCUT2D eigenvalue weighted by molar-refractivity contribution is -0.139. The molecule has 0 aromatic heterocycles. The van der Waals surface area contributed by atoms with Gasteiger partial charge in [-0.05, 0) is 0 Å². The van der Waals surface area contributed by atoms with Gasteiger partial charge in [-0.3, -0.25) is 9.59 Å². The first-order chi connectivity index (χ1) is 6.06. The van der Waals surface area contributed by atoms with Gasteiger partial charge in [0.1, 0.15) is 12.9 Å². The van der Waals surface area contributed by atoms with Crippen LogP contribution in [0.25, 0.3) is 0 Å². The summed E-state index contributed by atoms with van der Waals surface area (Å²) in [4.78, 5) is 20.7. The van der Waals surface area contributed by atoms with E-state index in [4.69, 9.17) is 6.42 Å². The van der Waals surface area contributed by atoms with Gasteiger partial charge in [0.2, 0.25) is 0 Å². The van der Waals surface area contributed by atoms with Crippen molar-refractivity contribution in [1.82, 2.24) is 0 Å². The molecule has 0 fully saturated rings. The SMILES string of the molecule is C#C/C(=C/OC(C)=O)COC(C)=O. The predicted octanol–water partition coefficient (Wildman–Crippen LogP) is 0.630. The number of ether oxygens (including phenoxy) is 2. The largest absolute Gasteiger partial charge is 0.460 e. The summed E-state index contributed by atoms with van der Waals surface area (Å²) in [6.45, 7) is 2.45. The average Bonchev–Trinajstić information content (AvgIpc) is 2.04. The first kappa shape index (κ1) is 11.2. The molecule has 0 saturated heterocycles. The van der Waals surface area contributed by atoms with Crippen molar-refractivity contribution in [2.45, 2.75) is 13.8 Å². The van der Waals surface area contributed by atoms with E-state index < -0.39 is 11.9 Å². The first-order valence-electron chi connectivity index (χ1n) is 3.52. The predicted molar refractivity (Wildman–Crippen MR) is 45.3 cm³/mol. The molecule has 70 valence electrons. The number of hydrogen-bond acceptors (Lipinski definition) is 4. The van der Waals surface area contributed by atoms with Crippen LogP contribution in [0.5, 0.6) is 0 Å². The number of carbonyl (C=O) groups is 2. The third-order valence-corrected chi connectivity index (χ3v) is 0.983. The van der Waals surface area contributed by atoms with E-state index in [1.807, 2.05) is 0 Å². The quantitative estimate of drug-likeness (QED) is 0.365. The molecule has 0 bridgehead atoms. The minimum Gasteiger partial charge on any atom is -0.460 e. The fraction of sp³-hybridized carbons (Fsp3) is 0.333. The molecule has 13 heavy (non-hydrogen) atoms. The molecule has 0 atom stereocenters. The molecule has 0 aromatic rings. The second kappa shape index (κ2) is 5.84. The number of rotatable bonds is 3. The standard InChI is InChI=1S/C9H10O4/c1-4-9(5-12-7(2)10)6-13-8(3)11/h1,5H,6H2,2-3H3/b9-5-. The monoisotopic (exact) mass is 182 g/mol. The van der Waals surface area contributed by atoms with Crippen LogP contribution in [0, 0.1) is 12.3 Å². The van der Waals surface area contributed by atoms with Gasteiger partial charge >= 0.3 is 11.9 Å². The molecule has 0 aliphatic heterocycles. The molecule has 0 heterocycles. The summed E-state index contributed by atoms with van der Waals surface area (Å²) >= 11 is 0. The van der Waals surface area contributed by atoms with Crippen molar-refractivity contribution in [3.05, 3.63) is 11.8 Å². The van der Waals surface area contributed by atoms with E-state index in [2.05, 4.69) is 15.4 Å². The Kier molecular flexibility index (Phi) is 5.05. The van der Waals surface area contributed by atoms with Crippen molar-refractivity contribution in [3.8, 4) is 12.3 Å². The van der Waals surface area contributed by atoms with Gasteiger partial charge in [-0.15, -0.1) is 6.42 Å². The van der Waals surface area contributed by atoms with E-state index in [9.17, 15) is 9.59 Å². The second-order valence-corrected chi connectivity index (χ2v) is 2.18. The van der Waals surface area contributed by atoms with Crippen LogP contribution in [0.15, 0.2) is 11.8 Å². The Labute approximate surface area is 76.5 Å². The van der Waals surface area contributed by atoms with Crippen molar-refractivity contribution in [1.29, 1.82) is 0 Å². The highest BCUT2D eigenvalue weighted by Crippen LogP contribution is 1.95. The molecule has 0 saturated carbocycles. The van der Waals surface area contributed by atoms with Crippen LogP contribution in [0.1, 0.15) is 13.8 Å². The molecule has 0 amide bonds. The van der Waals surface area contributed by atoms with E-state index in [1.165, 1.54) is 13.8 Å². The zero-order valence-electron chi connectivity index (χ0n) is 7.49. The van der Waals surface area contributed by atoms with Crippen LogP contribution < -0.4 is 0 Å². The maximum atomic E-state index is 10.4. The van der Waals surface area contributed by atoms with Gasteiger partial charge in [-0.2, -0.15) is 0 Å². The maximum Gasteiger partial charge on any atom is 0.307 e. The molecule has 4 nitrogen and oxygen atoms in total. The maximum absolute atomic E-state index is 10.4. The van der Waals surface area contributed by atoms with Gasteiger partial charge in [-0.25, -0.2) is 0 Å². The molecule has 0 rings (SSSR count). The average molecular weight is 182 g/mol. The second-order valence-electron chi connectivity index (χ2n) is 2.18. The summed E-state index contributed by atoms with van der Waals surface area (Å²) in [5.41, 5.74) is 0.297. The Bertz CT molecular complexity index is 270. The normalized spacial score (nSPS) is 10.1. The summed E-state index contributed by atoms with van der Waals surface area (Å²) in [6, 6.07) is 0. The summed E-state index contributed by atoms with van der Waals surface area (Å²) in [5.74, 6) is 1.30. The molecule has 0 aliphatic carbocycles. The van der Waals surface area contributed by atoms with Gasteiger partial charge in [0, 0.05) is 13.8 Å². The van der Waals surface area contributed by atoms with Crippen LogP contribution in [0.2, 0.25) is 0 Å². The Morgan fingerprint density at radius 3 is 2.38 bits per heavy atom. The van der Waals surface area contributed by atoms with E-state index in [0.29, 0.717) is 5.57 Å². The highest BCUT2D eigenvalue weighted by atomic mass is 16.5. The number of carbonyl (C=O) groups excluding carboxylic acids is 2. The summed E-state index contributed by atoms with van der Waals surface area (Å²) < 4.78 is 9.08. The van der Waals surface area contributed by atoms with Crippen LogP contribution in [-0.2, 0) is 19.1 Å². The molecular formula is C9H10O4. The van der Waals surface area contributed by atoms with Crippen LogP contribution >= 0.6 is 0 Å². The van der Waals surface area contributed by atoms with Crippen LogP contribution in [0.3, 0.4) is 0 Å². The summed E-state index contributed by atoms with van der Waals surface area (Å²) in [7, 11) is 0. The number of hydrogen-bond donors (Lipinski definition) is 0. The topological polar surface area (TPSA) is 52.6 Å². The summed E-state index contributed by atoms with van der Waals surface area (Å²) in [5, 5.41) is 0. The number of esters is 2. The highest BCUT2D eigenvalue weighted by molar-refractivity contribution is 5.67. The van der Waals surface area contributed by atoms with Crippen molar-refractivity contribution >= 4 is 11.9 Å². The van der Waals surface area contributed by atoms with Crippen molar-refractivity contribution < 1.29 is 19.1 Å². The van der Waals surface area contributed by atoms with Gasteiger partial charge in [0.25, 0.3) is 0 Å². The lowest BCUT2D eigenvalue weighted by atomic mass is 10.3. The van der Waals surface area contributed by atoms with Gasteiger partial charge in [-0.1, -0.05) is 5.92 Å². The molecular weight excluding hydrogens is 172 g/mol. The van der Waals surface area contributed by atoms with E-state index >= 15 is 0 Å². The summed E-state index contributed by atoms with van der Waals surface area (Å²) in [6.07, 6.45) is 6.13. The third-order valence-electron chi connectivity index (χ3n) is 0.983. The molecule has 0 radical (unpaired) electrons. The molecule has 0 unspecified atom stereocenters.